The Hall–Kier alpha value is -1.85. The van der Waals surface area contributed by atoms with Crippen LogP contribution in [0.3, 0.4) is 0 Å². The lowest BCUT2D eigenvalue weighted by atomic mass is 9.70. The van der Waals surface area contributed by atoms with Gasteiger partial charge in [-0.3, -0.25) is 15.0 Å². The molecule has 0 bridgehead atoms. The van der Waals surface area contributed by atoms with E-state index in [0.717, 1.165) is 51.4 Å². The number of nitrogens with zero attached hydrogens (tertiary/aromatic N) is 1. The molecule has 3 unspecified atom stereocenters. The number of amides is 1. The smallest absolute Gasteiger partial charge is 0.323 e. The summed E-state index contributed by atoms with van der Waals surface area (Å²) in [4.78, 5) is 24.9. The lowest BCUT2D eigenvalue weighted by Gasteiger charge is -2.42. The van der Waals surface area contributed by atoms with Crippen LogP contribution < -0.4 is 5.73 Å². The average molecular weight is 361 g/mol. The molecule has 0 aromatic heterocycles. The van der Waals surface area contributed by atoms with Gasteiger partial charge in [0.2, 0.25) is 5.91 Å². The van der Waals surface area contributed by atoms with Gasteiger partial charge in [-0.15, -0.1) is 0 Å². The van der Waals surface area contributed by atoms with Gasteiger partial charge in [-0.25, -0.2) is 0 Å². The number of allylic oxidation sites excluding steroid dienone is 2. The summed E-state index contributed by atoms with van der Waals surface area (Å²) in [6.45, 7) is 0.423. The van der Waals surface area contributed by atoms with E-state index in [4.69, 9.17) is 16.2 Å². The highest BCUT2D eigenvalue weighted by atomic mass is 16.4. The Balaban J connectivity index is 1.48. The zero-order valence-electron chi connectivity index (χ0n) is 15.4. The number of likely N-dealkylation sites (tertiary alicyclic amines) is 1. The highest BCUT2D eigenvalue weighted by molar-refractivity contribution is 5.84. The standard InChI is InChI=1S/C20H31N3O3/c21-19(22)15-6-3-13(4-7-15)1-2-14-5-8-17-16(11-14)9-10-23(20(17)26)12-18(24)25/h1-2,13-17H,3-12H2,(H3,21,22)(H,24,25)/b2-1+. The Labute approximate surface area is 155 Å². The Bertz CT molecular complexity index is 581. The normalized spacial score (nSPS) is 35.3. The molecule has 1 aliphatic heterocycles. The summed E-state index contributed by atoms with van der Waals surface area (Å²) >= 11 is 0. The number of hydrogen-bond donors (Lipinski definition) is 3. The maximum Gasteiger partial charge on any atom is 0.323 e. The summed E-state index contributed by atoms with van der Waals surface area (Å²) in [5, 5.41) is 16.5. The average Bonchev–Trinajstić information content (AvgIpc) is 2.62. The second-order valence-electron chi connectivity index (χ2n) is 8.33. The highest BCUT2D eigenvalue weighted by Crippen LogP contribution is 2.40. The Morgan fingerprint density at radius 1 is 1.12 bits per heavy atom. The van der Waals surface area contributed by atoms with Crippen molar-refractivity contribution in [3.05, 3.63) is 12.2 Å². The number of carboxylic acid groups (broad SMARTS) is 1. The van der Waals surface area contributed by atoms with Crippen LogP contribution in [-0.4, -0.2) is 40.8 Å². The molecule has 3 atom stereocenters. The molecule has 0 radical (unpaired) electrons. The fourth-order valence-electron chi connectivity index (χ4n) is 5.04. The molecule has 2 aliphatic carbocycles. The molecule has 3 fully saturated rings. The van der Waals surface area contributed by atoms with Crippen LogP contribution in [-0.2, 0) is 9.59 Å². The molecule has 6 heteroatoms. The van der Waals surface area contributed by atoms with Crippen LogP contribution in [0.1, 0.15) is 51.4 Å². The number of carbonyl (C=O) groups is 2. The summed E-state index contributed by atoms with van der Waals surface area (Å²) in [5.74, 6) is 1.31. The molecular weight excluding hydrogens is 330 g/mol. The number of aliphatic carboxylic acids is 1. The van der Waals surface area contributed by atoms with Gasteiger partial charge in [-0.1, -0.05) is 12.2 Å². The van der Waals surface area contributed by atoms with Crippen LogP contribution in [0.15, 0.2) is 12.2 Å². The van der Waals surface area contributed by atoms with Crippen molar-refractivity contribution < 1.29 is 14.7 Å². The van der Waals surface area contributed by atoms with E-state index < -0.39 is 5.97 Å². The first-order chi connectivity index (χ1) is 12.4. The van der Waals surface area contributed by atoms with Crippen molar-refractivity contribution in [3.63, 3.8) is 0 Å². The number of rotatable bonds is 5. The van der Waals surface area contributed by atoms with E-state index in [1.807, 2.05) is 0 Å². The maximum atomic E-state index is 12.5. The third kappa shape index (κ3) is 4.46. The van der Waals surface area contributed by atoms with E-state index in [1.54, 1.807) is 0 Å². The molecule has 6 nitrogen and oxygen atoms in total. The number of amidine groups is 1. The van der Waals surface area contributed by atoms with Gasteiger partial charge in [0.25, 0.3) is 0 Å². The highest BCUT2D eigenvalue weighted by Gasteiger charge is 2.40. The van der Waals surface area contributed by atoms with Crippen LogP contribution in [0.5, 0.6) is 0 Å². The summed E-state index contributed by atoms with van der Waals surface area (Å²) in [7, 11) is 0. The SMILES string of the molecule is N=C(N)C1CCC(/C=C/C2CCC3C(=O)N(CC(=O)O)CCC3C2)CC1. The predicted octanol–water partition coefficient (Wildman–Crippen LogP) is 2.63. The van der Waals surface area contributed by atoms with Crippen LogP contribution in [0.4, 0.5) is 0 Å². The minimum Gasteiger partial charge on any atom is -0.480 e. The van der Waals surface area contributed by atoms with Crippen molar-refractivity contribution in [2.75, 3.05) is 13.1 Å². The number of carboxylic acids is 1. The quantitative estimate of drug-likeness (QED) is 0.397. The maximum absolute atomic E-state index is 12.5. The van der Waals surface area contributed by atoms with Gasteiger partial charge in [-0.2, -0.15) is 0 Å². The van der Waals surface area contributed by atoms with Crippen LogP contribution in [0, 0.1) is 35.0 Å². The molecule has 3 rings (SSSR count). The van der Waals surface area contributed by atoms with E-state index >= 15 is 0 Å². The molecule has 0 aromatic rings. The largest absolute Gasteiger partial charge is 0.480 e. The van der Waals surface area contributed by atoms with Crippen LogP contribution in [0.25, 0.3) is 0 Å². The first-order valence-electron chi connectivity index (χ1n) is 9.97. The van der Waals surface area contributed by atoms with Gasteiger partial charge in [0, 0.05) is 18.4 Å². The second-order valence-corrected chi connectivity index (χ2v) is 8.33. The molecule has 4 N–H and O–H groups in total. The summed E-state index contributed by atoms with van der Waals surface area (Å²) in [6, 6.07) is 0. The number of piperidine rings is 1. The van der Waals surface area contributed by atoms with E-state index in [1.165, 1.54) is 4.90 Å². The lowest BCUT2D eigenvalue weighted by Crippen LogP contribution is -2.49. The molecule has 1 amide bonds. The van der Waals surface area contributed by atoms with E-state index in [9.17, 15) is 9.59 Å². The second kappa shape index (κ2) is 8.23. The van der Waals surface area contributed by atoms with Crippen molar-refractivity contribution in [2.24, 2.45) is 35.3 Å². The van der Waals surface area contributed by atoms with Crippen molar-refractivity contribution in [1.29, 1.82) is 5.41 Å². The van der Waals surface area contributed by atoms with Crippen LogP contribution in [0.2, 0.25) is 0 Å². The summed E-state index contributed by atoms with van der Waals surface area (Å²) < 4.78 is 0. The molecule has 2 saturated carbocycles. The topological polar surface area (TPSA) is 107 Å². The van der Waals surface area contributed by atoms with Crippen molar-refractivity contribution in [3.8, 4) is 0 Å². The minimum absolute atomic E-state index is 0.0266. The molecule has 3 aliphatic rings. The fraction of sp³-hybridized carbons (Fsp3) is 0.750. The third-order valence-corrected chi connectivity index (χ3v) is 6.61. The van der Waals surface area contributed by atoms with E-state index in [2.05, 4.69) is 12.2 Å². The molecule has 26 heavy (non-hydrogen) atoms. The summed E-state index contributed by atoms with van der Waals surface area (Å²) in [5.41, 5.74) is 5.62. The minimum atomic E-state index is -0.923. The molecule has 1 saturated heterocycles. The third-order valence-electron chi connectivity index (χ3n) is 6.61. The van der Waals surface area contributed by atoms with Gasteiger partial charge < -0.3 is 15.7 Å². The van der Waals surface area contributed by atoms with Crippen LogP contribution >= 0.6 is 0 Å². The zero-order valence-corrected chi connectivity index (χ0v) is 15.4. The molecular formula is C20H31N3O3. The monoisotopic (exact) mass is 361 g/mol. The first-order valence-corrected chi connectivity index (χ1v) is 9.97. The van der Waals surface area contributed by atoms with Gasteiger partial charge in [0.1, 0.15) is 6.54 Å². The zero-order chi connectivity index (χ0) is 18.7. The Morgan fingerprint density at radius 3 is 2.42 bits per heavy atom. The molecule has 1 heterocycles. The van der Waals surface area contributed by atoms with E-state index in [0.29, 0.717) is 30.1 Å². The number of nitrogens with one attached hydrogen (secondary N) is 1. The van der Waals surface area contributed by atoms with Gasteiger partial charge >= 0.3 is 5.97 Å². The van der Waals surface area contributed by atoms with Gasteiger partial charge in [-0.05, 0) is 69.1 Å². The molecule has 0 spiro atoms. The number of nitrogens with two attached hydrogens (primary N) is 1. The number of fused-ring (bicyclic) bond motifs is 1. The first kappa shape index (κ1) is 18.9. The van der Waals surface area contributed by atoms with Gasteiger partial charge in [0.15, 0.2) is 0 Å². The van der Waals surface area contributed by atoms with Gasteiger partial charge in [0.05, 0.1) is 5.84 Å². The van der Waals surface area contributed by atoms with E-state index in [-0.39, 0.29) is 24.3 Å². The van der Waals surface area contributed by atoms with Crippen molar-refractivity contribution >= 4 is 17.7 Å². The number of hydrogen-bond acceptors (Lipinski definition) is 3. The van der Waals surface area contributed by atoms with Crippen molar-refractivity contribution in [1.82, 2.24) is 4.90 Å². The van der Waals surface area contributed by atoms with Crippen molar-refractivity contribution in [2.45, 2.75) is 51.4 Å². The Morgan fingerprint density at radius 2 is 1.77 bits per heavy atom. The Kier molecular flexibility index (Phi) is 5.99. The number of carbonyl (C=O) groups excluding carboxylic acids is 1. The predicted molar refractivity (Wildman–Crippen MR) is 99.7 cm³/mol. The molecule has 144 valence electrons. The fourth-order valence-corrected chi connectivity index (χ4v) is 5.04. The lowest BCUT2D eigenvalue weighted by molar-refractivity contribution is -0.151. The summed E-state index contributed by atoms with van der Waals surface area (Å²) in [6.07, 6.45) is 12.9. The molecule has 0 aromatic carbocycles.